The number of carbonyl (C=O) groups excluding carboxylic acids is 3. The number of carboxylic acid groups (broad SMARTS) is 1. The van der Waals surface area contributed by atoms with Crippen LogP contribution in [0, 0.1) is 0 Å². The normalized spacial score (nSPS) is 13.8. The van der Waals surface area contributed by atoms with Crippen LogP contribution in [0.25, 0.3) is 0 Å². The van der Waals surface area contributed by atoms with E-state index >= 15 is 0 Å². The van der Waals surface area contributed by atoms with Crippen LogP contribution in [0.3, 0.4) is 0 Å². The number of carbonyl (C=O) groups is 3. The number of rotatable bonds is 38. The number of carboxylic acids is 1. The van der Waals surface area contributed by atoms with Crippen LogP contribution in [0.2, 0.25) is 0 Å². The number of ether oxygens (including phenoxy) is 4. The van der Waals surface area contributed by atoms with E-state index in [0.29, 0.717) is 23.9 Å². The van der Waals surface area contributed by atoms with E-state index in [-0.39, 0.29) is 32.7 Å². The van der Waals surface area contributed by atoms with Crippen LogP contribution in [0.1, 0.15) is 142 Å². The van der Waals surface area contributed by atoms with Gasteiger partial charge in [-0.1, -0.05) is 137 Å². The Hall–Kier alpha value is -3.53. The molecule has 57 heavy (non-hydrogen) atoms. The first-order chi connectivity index (χ1) is 27.6. The highest BCUT2D eigenvalue weighted by atomic mass is 16.7. The molecule has 0 rings (SSSR count). The molecule has 0 radical (unpaired) electrons. The van der Waals surface area contributed by atoms with Gasteiger partial charge in [-0.05, 0) is 77.0 Å². The average Bonchev–Trinajstić information content (AvgIpc) is 3.17. The van der Waals surface area contributed by atoms with Gasteiger partial charge in [-0.15, -0.1) is 0 Å². The summed E-state index contributed by atoms with van der Waals surface area (Å²) in [5.41, 5.74) is 0. The van der Waals surface area contributed by atoms with Crippen molar-refractivity contribution in [2.45, 2.75) is 155 Å². The Balaban J connectivity index is 4.55. The van der Waals surface area contributed by atoms with E-state index in [9.17, 15) is 19.5 Å². The van der Waals surface area contributed by atoms with Crippen LogP contribution in [-0.2, 0) is 33.3 Å². The third-order valence-corrected chi connectivity index (χ3v) is 8.64. The van der Waals surface area contributed by atoms with Crippen molar-refractivity contribution in [2.75, 3.05) is 47.5 Å². The van der Waals surface area contributed by atoms with E-state index in [1.165, 1.54) is 25.7 Å². The summed E-state index contributed by atoms with van der Waals surface area (Å²) in [6, 6.07) is 0. The number of nitrogens with zero attached hydrogens (tertiary/aromatic N) is 1. The zero-order valence-corrected chi connectivity index (χ0v) is 36.4. The number of likely N-dealkylation sites (N-methyl/N-ethyl adjacent to an activating group) is 1. The summed E-state index contributed by atoms with van der Waals surface area (Å²) in [7, 11) is 5.87. The first-order valence-electron chi connectivity index (χ1n) is 21.7. The molecular weight excluding hydrogens is 719 g/mol. The van der Waals surface area contributed by atoms with Crippen LogP contribution in [-0.4, -0.2) is 82.3 Å². The smallest absolute Gasteiger partial charge is 0.306 e. The van der Waals surface area contributed by atoms with Gasteiger partial charge in [0.25, 0.3) is 0 Å². The zero-order valence-electron chi connectivity index (χ0n) is 36.4. The fourth-order valence-electron chi connectivity index (χ4n) is 5.26. The summed E-state index contributed by atoms with van der Waals surface area (Å²) < 4.78 is 22.4. The summed E-state index contributed by atoms with van der Waals surface area (Å²) in [5.74, 6) is -2.43. The molecule has 9 nitrogen and oxygen atoms in total. The molecule has 0 bridgehead atoms. The largest absolute Gasteiger partial charge is 0.545 e. The Labute approximate surface area is 347 Å². The van der Waals surface area contributed by atoms with Crippen LogP contribution in [0.4, 0.5) is 0 Å². The predicted octanol–water partition coefficient (Wildman–Crippen LogP) is 9.99. The Morgan fingerprint density at radius 2 is 1.04 bits per heavy atom. The van der Waals surface area contributed by atoms with Crippen LogP contribution >= 0.6 is 0 Å². The first-order valence-corrected chi connectivity index (χ1v) is 21.7. The van der Waals surface area contributed by atoms with Gasteiger partial charge in [0.05, 0.1) is 40.3 Å². The van der Waals surface area contributed by atoms with Gasteiger partial charge in [0, 0.05) is 12.8 Å². The number of quaternary nitrogens is 1. The molecule has 0 saturated carbocycles. The van der Waals surface area contributed by atoms with Crippen molar-refractivity contribution >= 4 is 17.9 Å². The topological polar surface area (TPSA) is 111 Å². The van der Waals surface area contributed by atoms with Crippen molar-refractivity contribution in [3.05, 3.63) is 85.1 Å². The van der Waals surface area contributed by atoms with Crippen molar-refractivity contribution in [1.29, 1.82) is 0 Å². The molecule has 2 atom stereocenters. The molecule has 0 amide bonds. The zero-order chi connectivity index (χ0) is 42.1. The molecule has 0 aliphatic carbocycles. The number of hydrogen-bond donors (Lipinski definition) is 0. The second kappa shape index (κ2) is 39.3. The Bertz CT molecular complexity index is 1210. The quantitative estimate of drug-likeness (QED) is 0.0200. The molecule has 0 spiro atoms. The Morgan fingerprint density at radius 1 is 0.544 bits per heavy atom. The molecule has 0 fully saturated rings. The number of esters is 2. The fourth-order valence-corrected chi connectivity index (χ4v) is 5.26. The lowest BCUT2D eigenvalue weighted by Crippen LogP contribution is -2.44. The lowest BCUT2D eigenvalue weighted by atomic mass is 10.1. The summed E-state index contributed by atoms with van der Waals surface area (Å²) in [6.07, 6.45) is 46.3. The molecule has 0 aliphatic heterocycles. The molecule has 0 aromatic rings. The molecule has 0 aliphatic rings. The standard InChI is InChI=1S/C48H79NO8/c1-6-8-10-12-14-16-18-20-21-22-23-24-25-27-28-30-32-34-36-38-45(50)55-42-44(43-56-48(47(52)53)54-41-40-49(3,4)5)57-46(51)39-37-35-33-31-29-26-19-17-15-13-11-9-7-2/h9,11,14-17,20-21,23-24,26,29,33,35,44,48H,6-8,10,12-13,18-19,22,25,27-28,30-32,34,36-43H2,1-5H3/b11-9-,16-14-,17-15-,21-20-,24-23-,29-26-,35-33-. The van der Waals surface area contributed by atoms with Gasteiger partial charge < -0.3 is 33.3 Å². The Kier molecular flexibility index (Phi) is 36.9. The van der Waals surface area contributed by atoms with Gasteiger partial charge in [-0.3, -0.25) is 9.59 Å². The van der Waals surface area contributed by atoms with Gasteiger partial charge in [-0.25, -0.2) is 0 Å². The molecule has 2 unspecified atom stereocenters. The van der Waals surface area contributed by atoms with E-state index in [1.54, 1.807) is 0 Å². The molecule has 0 heterocycles. The maximum absolute atomic E-state index is 12.7. The van der Waals surface area contributed by atoms with E-state index in [1.807, 2.05) is 33.3 Å². The van der Waals surface area contributed by atoms with Crippen LogP contribution in [0.15, 0.2) is 85.1 Å². The van der Waals surface area contributed by atoms with Crippen molar-refractivity contribution in [2.24, 2.45) is 0 Å². The van der Waals surface area contributed by atoms with E-state index in [0.717, 1.165) is 77.0 Å². The third kappa shape index (κ3) is 40.5. The number of allylic oxidation sites excluding steroid dienone is 14. The molecule has 0 aromatic heterocycles. The van der Waals surface area contributed by atoms with Crippen molar-refractivity contribution in [3.63, 3.8) is 0 Å². The Morgan fingerprint density at radius 3 is 1.56 bits per heavy atom. The second-order valence-electron chi connectivity index (χ2n) is 15.2. The van der Waals surface area contributed by atoms with Gasteiger partial charge in [0.1, 0.15) is 13.2 Å². The van der Waals surface area contributed by atoms with Gasteiger partial charge >= 0.3 is 11.9 Å². The first kappa shape index (κ1) is 53.5. The summed E-state index contributed by atoms with van der Waals surface area (Å²) in [5, 5.41) is 11.7. The lowest BCUT2D eigenvalue weighted by Gasteiger charge is -2.26. The van der Waals surface area contributed by atoms with Gasteiger partial charge in [-0.2, -0.15) is 0 Å². The highest BCUT2D eigenvalue weighted by Gasteiger charge is 2.21. The molecule has 9 heteroatoms. The maximum atomic E-state index is 12.7. The third-order valence-electron chi connectivity index (χ3n) is 8.64. The van der Waals surface area contributed by atoms with Crippen molar-refractivity contribution < 1.29 is 42.9 Å². The minimum absolute atomic E-state index is 0.119. The maximum Gasteiger partial charge on any atom is 0.306 e. The molecular formula is C48H79NO8. The monoisotopic (exact) mass is 798 g/mol. The molecule has 324 valence electrons. The highest BCUT2D eigenvalue weighted by molar-refractivity contribution is 5.70. The molecule has 0 N–H and O–H groups in total. The average molecular weight is 798 g/mol. The van der Waals surface area contributed by atoms with E-state index in [4.69, 9.17) is 18.9 Å². The lowest BCUT2D eigenvalue weighted by molar-refractivity contribution is -0.870. The molecule has 0 aromatic carbocycles. The van der Waals surface area contributed by atoms with Crippen LogP contribution in [0.5, 0.6) is 0 Å². The number of unbranched alkanes of at least 4 members (excludes halogenated alkanes) is 9. The second-order valence-corrected chi connectivity index (χ2v) is 15.2. The minimum atomic E-state index is -1.64. The number of hydrogen-bond acceptors (Lipinski definition) is 8. The van der Waals surface area contributed by atoms with Crippen LogP contribution < -0.4 is 5.11 Å². The SMILES string of the molecule is CC/C=C\C/C=C\C/C=C\C/C=C\CCC(=O)OC(COC(=O)CCCCCCCC/C=C\C/C=C\C/C=C\CCCCC)COC(OCC[N+](C)(C)C)C(=O)[O-]. The van der Waals surface area contributed by atoms with E-state index in [2.05, 4.69) is 86.8 Å². The highest BCUT2D eigenvalue weighted by Crippen LogP contribution is 2.11. The van der Waals surface area contributed by atoms with Gasteiger partial charge in [0.2, 0.25) is 0 Å². The number of aliphatic carboxylic acids is 1. The summed E-state index contributed by atoms with van der Waals surface area (Å²) in [6.45, 7) is 4.46. The predicted molar refractivity (Wildman–Crippen MR) is 232 cm³/mol. The molecule has 0 saturated heterocycles. The summed E-state index contributed by atoms with van der Waals surface area (Å²) in [4.78, 5) is 36.9. The minimum Gasteiger partial charge on any atom is -0.545 e. The van der Waals surface area contributed by atoms with Gasteiger partial charge in [0.15, 0.2) is 12.4 Å². The fraction of sp³-hybridized carbons (Fsp3) is 0.646. The van der Waals surface area contributed by atoms with Crippen molar-refractivity contribution in [3.8, 4) is 0 Å². The van der Waals surface area contributed by atoms with Crippen molar-refractivity contribution in [1.82, 2.24) is 0 Å². The summed E-state index contributed by atoms with van der Waals surface area (Å²) >= 11 is 0. The van der Waals surface area contributed by atoms with E-state index < -0.39 is 30.3 Å².